The lowest BCUT2D eigenvalue weighted by Crippen LogP contribution is -2.51. The van der Waals surface area contributed by atoms with Crippen LogP contribution in [0, 0.1) is 0 Å². The van der Waals surface area contributed by atoms with Gasteiger partial charge in [0.2, 0.25) is 0 Å². The molecule has 1 aliphatic heterocycles. The highest BCUT2D eigenvalue weighted by Gasteiger charge is 2.43. The number of imidazole rings is 1. The van der Waals surface area contributed by atoms with Crippen LogP contribution >= 0.6 is 0 Å². The maximum absolute atomic E-state index is 13.6. The Balaban J connectivity index is 1.56. The molecular weight excluding hydrogens is 430 g/mol. The molecular formula is C26H27N5O3. The van der Waals surface area contributed by atoms with Crippen LogP contribution in [0.4, 0.5) is 0 Å². The van der Waals surface area contributed by atoms with E-state index in [1.54, 1.807) is 6.33 Å². The number of nitrogens with zero attached hydrogens (tertiary/aromatic N) is 4. The van der Waals surface area contributed by atoms with E-state index in [9.17, 15) is 4.79 Å². The molecule has 5 rings (SSSR count). The molecule has 0 radical (unpaired) electrons. The maximum Gasteiger partial charge on any atom is 0.335 e. The van der Waals surface area contributed by atoms with Crippen LogP contribution in [0.25, 0.3) is 11.2 Å². The molecule has 34 heavy (non-hydrogen) atoms. The molecule has 1 aliphatic rings. The van der Waals surface area contributed by atoms with Crippen LogP contribution in [-0.2, 0) is 26.4 Å². The zero-order valence-corrected chi connectivity index (χ0v) is 19.1. The molecule has 8 nitrogen and oxygen atoms in total. The van der Waals surface area contributed by atoms with Crippen molar-refractivity contribution in [3.8, 4) is 0 Å². The van der Waals surface area contributed by atoms with E-state index in [0.29, 0.717) is 11.2 Å². The van der Waals surface area contributed by atoms with Crippen LogP contribution in [-0.4, -0.2) is 38.7 Å². The Morgan fingerprint density at radius 1 is 1.09 bits per heavy atom. The van der Waals surface area contributed by atoms with Crippen LogP contribution in [0.2, 0.25) is 0 Å². The predicted molar refractivity (Wildman–Crippen MR) is 127 cm³/mol. The van der Waals surface area contributed by atoms with Crippen LogP contribution in [0.1, 0.15) is 42.8 Å². The average molecular weight is 458 g/mol. The van der Waals surface area contributed by atoms with Crippen molar-refractivity contribution in [1.29, 1.82) is 0 Å². The minimum Gasteiger partial charge on any atom is -0.464 e. The van der Waals surface area contributed by atoms with E-state index in [0.717, 1.165) is 36.2 Å². The van der Waals surface area contributed by atoms with E-state index in [-0.39, 0.29) is 25.3 Å². The first-order valence-electron chi connectivity index (χ1n) is 11.6. The first-order chi connectivity index (χ1) is 16.7. The van der Waals surface area contributed by atoms with Gasteiger partial charge in [0.1, 0.15) is 18.1 Å². The average Bonchev–Trinajstić information content (AvgIpc) is 3.56. The maximum atomic E-state index is 13.6. The highest BCUT2D eigenvalue weighted by Crippen LogP contribution is 2.32. The molecule has 0 spiro atoms. The molecule has 0 saturated carbocycles. The quantitative estimate of drug-likeness (QED) is 0.403. The second-order valence-electron chi connectivity index (χ2n) is 8.17. The Kier molecular flexibility index (Phi) is 6.33. The number of ether oxygens (including phenoxy) is 2. The lowest BCUT2D eigenvalue weighted by Gasteiger charge is -2.33. The molecule has 174 valence electrons. The molecule has 3 heterocycles. The predicted octanol–water partition coefficient (Wildman–Crippen LogP) is 3.73. The van der Waals surface area contributed by atoms with Gasteiger partial charge in [0, 0.05) is 13.2 Å². The van der Waals surface area contributed by atoms with Crippen molar-refractivity contribution in [3.63, 3.8) is 0 Å². The van der Waals surface area contributed by atoms with Gasteiger partial charge in [-0.2, -0.15) is 0 Å². The third kappa shape index (κ3) is 3.95. The van der Waals surface area contributed by atoms with Gasteiger partial charge in [0.15, 0.2) is 11.2 Å². The molecule has 0 amide bonds. The number of rotatable bonds is 8. The first-order valence-corrected chi connectivity index (χ1v) is 11.6. The summed E-state index contributed by atoms with van der Waals surface area (Å²) < 4.78 is 13.4. The summed E-state index contributed by atoms with van der Waals surface area (Å²) in [6, 6.07) is 19.2. The van der Waals surface area contributed by atoms with Gasteiger partial charge in [0.25, 0.3) is 0 Å². The Hall–Kier alpha value is -3.62. The summed E-state index contributed by atoms with van der Waals surface area (Å²) in [6.07, 6.45) is 5.17. The van der Waals surface area contributed by atoms with E-state index in [1.807, 2.05) is 72.2 Å². The Labute approximate surface area is 198 Å². The van der Waals surface area contributed by atoms with Gasteiger partial charge in [-0.1, -0.05) is 60.7 Å². The third-order valence-corrected chi connectivity index (χ3v) is 6.17. The standard InChI is InChI=1S/C26H27N5O3/c1-2-33-25(32)26(19-10-5-3-6-11-19,20-12-7-4-8-13-20)30-16-21-23-24(28-17-27-21)31(18-29-23)22-14-9-15-34-22/h3-8,10-13,17-18,22,30H,2,9,14-16H2,1H3. The van der Waals surface area contributed by atoms with Gasteiger partial charge < -0.3 is 9.47 Å². The van der Waals surface area contributed by atoms with Crippen LogP contribution in [0.5, 0.6) is 0 Å². The number of hydrogen-bond acceptors (Lipinski definition) is 7. The zero-order chi connectivity index (χ0) is 23.4. The number of carbonyl (C=O) groups is 1. The van der Waals surface area contributed by atoms with Crippen LogP contribution in [0.15, 0.2) is 73.3 Å². The molecule has 4 aromatic rings. The normalized spacial score (nSPS) is 16.1. The molecule has 1 atom stereocenters. The third-order valence-electron chi connectivity index (χ3n) is 6.17. The monoisotopic (exact) mass is 457 g/mol. The zero-order valence-electron chi connectivity index (χ0n) is 19.1. The fraction of sp³-hybridized carbons (Fsp3) is 0.308. The van der Waals surface area contributed by atoms with Crippen LogP contribution < -0.4 is 5.32 Å². The van der Waals surface area contributed by atoms with Gasteiger partial charge >= 0.3 is 5.97 Å². The molecule has 1 unspecified atom stereocenters. The van der Waals surface area contributed by atoms with Crippen molar-refractivity contribution in [2.45, 2.75) is 38.1 Å². The summed E-state index contributed by atoms with van der Waals surface area (Å²) in [7, 11) is 0. The lowest BCUT2D eigenvalue weighted by atomic mass is 9.82. The van der Waals surface area contributed by atoms with Crippen molar-refractivity contribution < 1.29 is 14.3 Å². The SMILES string of the molecule is CCOC(=O)C(NCc1ncnc2c1ncn2C1CCCO1)(c1ccccc1)c1ccccc1. The number of carbonyl (C=O) groups excluding carboxylic acids is 1. The smallest absolute Gasteiger partial charge is 0.335 e. The van der Waals surface area contributed by atoms with Crippen molar-refractivity contribution in [1.82, 2.24) is 24.8 Å². The highest BCUT2D eigenvalue weighted by atomic mass is 16.5. The number of esters is 1. The fourth-order valence-electron chi connectivity index (χ4n) is 4.53. The summed E-state index contributed by atoms with van der Waals surface area (Å²) >= 11 is 0. The Morgan fingerprint density at radius 2 is 1.79 bits per heavy atom. The first kappa shape index (κ1) is 22.2. The van der Waals surface area contributed by atoms with E-state index >= 15 is 0 Å². The lowest BCUT2D eigenvalue weighted by molar-refractivity contribution is -0.149. The number of fused-ring (bicyclic) bond motifs is 1. The summed E-state index contributed by atoms with van der Waals surface area (Å²) in [6.45, 7) is 3.10. The second-order valence-corrected chi connectivity index (χ2v) is 8.17. The molecule has 8 heteroatoms. The van der Waals surface area contributed by atoms with Crippen molar-refractivity contribution in [2.24, 2.45) is 0 Å². The second kappa shape index (κ2) is 9.70. The molecule has 1 saturated heterocycles. The molecule has 2 aromatic heterocycles. The van der Waals surface area contributed by atoms with Gasteiger partial charge in [-0.15, -0.1) is 0 Å². The molecule has 1 N–H and O–H groups in total. The Bertz CT molecular complexity index is 1210. The molecule has 2 aromatic carbocycles. The number of benzene rings is 2. The van der Waals surface area contributed by atoms with Crippen molar-refractivity contribution in [3.05, 3.63) is 90.1 Å². The van der Waals surface area contributed by atoms with E-state index < -0.39 is 5.54 Å². The highest BCUT2D eigenvalue weighted by molar-refractivity contribution is 5.87. The summed E-state index contributed by atoms with van der Waals surface area (Å²) in [4.78, 5) is 27.1. The summed E-state index contributed by atoms with van der Waals surface area (Å²) in [5, 5.41) is 3.49. The van der Waals surface area contributed by atoms with Gasteiger partial charge in [-0.25, -0.2) is 19.7 Å². The molecule has 0 aliphatic carbocycles. The van der Waals surface area contributed by atoms with Gasteiger partial charge in [-0.05, 0) is 30.9 Å². The van der Waals surface area contributed by atoms with E-state index in [2.05, 4.69) is 20.3 Å². The van der Waals surface area contributed by atoms with Gasteiger partial charge in [0.05, 0.1) is 18.6 Å². The minimum absolute atomic E-state index is 0.0621. The van der Waals surface area contributed by atoms with E-state index in [1.165, 1.54) is 6.33 Å². The van der Waals surface area contributed by atoms with Crippen molar-refractivity contribution >= 4 is 17.1 Å². The van der Waals surface area contributed by atoms with E-state index in [4.69, 9.17) is 9.47 Å². The molecule has 0 bridgehead atoms. The summed E-state index contributed by atoms with van der Waals surface area (Å²) in [5.41, 5.74) is 2.46. The number of aromatic nitrogens is 4. The number of nitrogens with one attached hydrogen (secondary N) is 1. The van der Waals surface area contributed by atoms with Gasteiger partial charge in [-0.3, -0.25) is 9.88 Å². The summed E-state index contributed by atoms with van der Waals surface area (Å²) in [5.74, 6) is -0.373. The fourth-order valence-corrected chi connectivity index (χ4v) is 4.53. The minimum atomic E-state index is -1.22. The van der Waals surface area contributed by atoms with Crippen LogP contribution in [0.3, 0.4) is 0 Å². The Morgan fingerprint density at radius 3 is 2.41 bits per heavy atom. The van der Waals surface area contributed by atoms with Crippen molar-refractivity contribution in [2.75, 3.05) is 13.2 Å². The number of hydrogen-bond donors (Lipinski definition) is 1. The largest absolute Gasteiger partial charge is 0.464 e. The molecule has 1 fully saturated rings. The topological polar surface area (TPSA) is 91.2 Å².